The molecule has 0 unspecified atom stereocenters. The van der Waals surface area contributed by atoms with E-state index in [-0.39, 0.29) is 16.5 Å². The summed E-state index contributed by atoms with van der Waals surface area (Å²) in [6.45, 7) is 0.302. The lowest BCUT2D eigenvalue weighted by atomic mass is 10.3. The van der Waals surface area contributed by atoms with Crippen molar-refractivity contribution >= 4 is 33.0 Å². The molecule has 6 nitrogen and oxygen atoms in total. The SMILES string of the molecule is COc1cccc(N2C[C@H](NS(=O)(=O)c3cccs3)CC2=O)c1. The van der Waals surface area contributed by atoms with Crippen LogP contribution in [-0.2, 0) is 14.8 Å². The summed E-state index contributed by atoms with van der Waals surface area (Å²) in [5, 5.41) is 1.71. The largest absolute Gasteiger partial charge is 0.497 e. The molecule has 2 heterocycles. The fourth-order valence-electron chi connectivity index (χ4n) is 2.51. The summed E-state index contributed by atoms with van der Waals surface area (Å²) in [6, 6.07) is 9.93. The van der Waals surface area contributed by atoms with Gasteiger partial charge in [-0.25, -0.2) is 13.1 Å². The van der Waals surface area contributed by atoms with Gasteiger partial charge in [-0.05, 0) is 23.6 Å². The molecule has 0 saturated carbocycles. The van der Waals surface area contributed by atoms with Gasteiger partial charge in [0.25, 0.3) is 0 Å². The Morgan fingerprint density at radius 1 is 1.30 bits per heavy atom. The predicted molar refractivity (Wildman–Crippen MR) is 88.4 cm³/mol. The number of rotatable bonds is 5. The molecule has 1 aliphatic rings. The zero-order chi connectivity index (χ0) is 16.4. The minimum atomic E-state index is -3.58. The number of hydrogen-bond acceptors (Lipinski definition) is 5. The Morgan fingerprint density at radius 2 is 2.13 bits per heavy atom. The second-order valence-electron chi connectivity index (χ2n) is 5.16. The van der Waals surface area contributed by atoms with Crippen molar-refractivity contribution in [3.8, 4) is 5.75 Å². The summed E-state index contributed by atoms with van der Waals surface area (Å²) in [4.78, 5) is 13.8. The summed E-state index contributed by atoms with van der Waals surface area (Å²) >= 11 is 1.15. The quantitative estimate of drug-likeness (QED) is 0.891. The highest BCUT2D eigenvalue weighted by molar-refractivity contribution is 7.91. The molecule has 1 aromatic carbocycles. The van der Waals surface area contributed by atoms with Crippen LogP contribution in [0.4, 0.5) is 5.69 Å². The molecule has 3 rings (SSSR count). The fourth-order valence-corrected chi connectivity index (χ4v) is 4.75. The number of nitrogens with one attached hydrogen (secondary N) is 1. The number of carbonyl (C=O) groups is 1. The monoisotopic (exact) mass is 352 g/mol. The lowest BCUT2D eigenvalue weighted by Gasteiger charge is -2.17. The van der Waals surface area contributed by atoms with Gasteiger partial charge >= 0.3 is 0 Å². The van der Waals surface area contributed by atoms with E-state index in [0.717, 1.165) is 11.3 Å². The number of ether oxygens (including phenoxy) is 1. The first kappa shape index (κ1) is 16.0. The van der Waals surface area contributed by atoms with E-state index in [1.165, 1.54) is 0 Å². The maximum atomic E-state index is 12.2. The maximum absolute atomic E-state index is 12.2. The van der Waals surface area contributed by atoms with Gasteiger partial charge in [0.15, 0.2) is 0 Å². The van der Waals surface area contributed by atoms with Crippen molar-refractivity contribution in [2.45, 2.75) is 16.7 Å². The van der Waals surface area contributed by atoms with Crippen LogP contribution in [0.1, 0.15) is 6.42 Å². The van der Waals surface area contributed by atoms with Crippen molar-refractivity contribution in [2.24, 2.45) is 0 Å². The molecule has 1 aliphatic heterocycles. The third-order valence-corrected chi connectivity index (χ3v) is 6.49. The first-order chi connectivity index (χ1) is 11.0. The smallest absolute Gasteiger partial charge is 0.250 e. The average Bonchev–Trinajstić information content (AvgIpc) is 3.17. The van der Waals surface area contributed by atoms with Gasteiger partial charge in [-0.15, -0.1) is 11.3 Å². The van der Waals surface area contributed by atoms with Crippen molar-refractivity contribution in [1.82, 2.24) is 4.72 Å². The molecular formula is C15H16N2O4S2. The molecule has 0 radical (unpaired) electrons. The number of methoxy groups -OCH3 is 1. The molecule has 0 bridgehead atoms. The molecule has 1 N–H and O–H groups in total. The van der Waals surface area contributed by atoms with Gasteiger partial charge in [0, 0.05) is 30.8 Å². The molecule has 1 aromatic heterocycles. The van der Waals surface area contributed by atoms with Gasteiger partial charge in [0.05, 0.1) is 7.11 Å². The van der Waals surface area contributed by atoms with Gasteiger partial charge in [-0.1, -0.05) is 12.1 Å². The number of anilines is 1. The van der Waals surface area contributed by atoms with E-state index in [2.05, 4.69) is 4.72 Å². The molecule has 8 heteroatoms. The van der Waals surface area contributed by atoms with Crippen molar-refractivity contribution in [2.75, 3.05) is 18.6 Å². The summed E-state index contributed by atoms with van der Waals surface area (Å²) < 4.78 is 32.5. The van der Waals surface area contributed by atoms with E-state index in [1.807, 2.05) is 0 Å². The van der Waals surface area contributed by atoms with E-state index < -0.39 is 16.1 Å². The molecule has 122 valence electrons. The minimum Gasteiger partial charge on any atom is -0.497 e. The molecule has 0 spiro atoms. The topological polar surface area (TPSA) is 75.7 Å². The normalized spacial score (nSPS) is 18.4. The van der Waals surface area contributed by atoms with Gasteiger partial charge in [-0.3, -0.25) is 4.79 Å². The van der Waals surface area contributed by atoms with Crippen LogP contribution in [0.15, 0.2) is 46.0 Å². The molecule has 1 saturated heterocycles. The summed E-state index contributed by atoms with van der Waals surface area (Å²) in [6.07, 6.45) is 0.141. The highest BCUT2D eigenvalue weighted by Crippen LogP contribution is 2.26. The Kier molecular flexibility index (Phi) is 4.38. The average molecular weight is 352 g/mol. The highest BCUT2D eigenvalue weighted by Gasteiger charge is 2.33. The lowest BCUT2D eigenvalue weighted by molar-refractivity contribution is -0.117. The third-order valence-electron chi connectivity index (χ3n) is 3.57. The van der Waals surface area contributed by atoms with E-state index >= 15 is 0 Å². The van der Waals surface area contributed by atoms with Crippen LogP contribution in [0.2, 0.25) is 0 Å². The molecular weight excluding hydrogens is 336 g/mol. The van der Waals surface area contributed by atoms with Crippen LogP contribution in [-0.4, -0.2) is 34.0 Å². The first-order valence-corrected chi connectivity index (χ1v) is 9.36. The molecule has 1 fully saturated rings. The Morgan fingerprint density at radius 3 is 2.83 bits per heavy atom. The standard InChI is InChI=1S/C15H16N2O4S2/c1-21-13-5-2-4-12(9-13)17-10-11(8-14(17)18)16-23(19,20)15-6-3-7-22-15/h2-7,9,11,16H,8,10H2,1H3/t11-/m1/s1. The summed E-state index contributed by atoms with van der Waals surface area (Å²) in [5.41, 5.74) is 0.701. The van der Waals surface area contributed by atoms with Crippen molar-refractivity contribution < 1.29 is 17.9 Å². The van der Waals surface area contributed by atoms with Gasteiger partial charge < -0.3 is 9.64 Å². The first-order valence-electron chi connectivity index (χ1n) is 7.00. The van der Waals surface area contributed by atoms with Crippen LogP contribution in [0, 0.1) is 0 Å². The number of sulfonamides is 1. The van der Waals surface area contributed by atoms with Crippen molar-refractivity contribution in [1.29, 1.82) is 0 Å². The second-order valence-corrected chi connectivity index (χ2v) is 8.05. The van der Waals surface area contributed by atoms with E-state index in [9.17, 15) is 13.2 Å². The van der Waals surface area contributed by atoms with Crippen LogP contribution in [0.25, 0.3) is 0 Å². The van der Waals surface area contributed by atoms with E-state index in [4.69, 9.17) is 4.74 Å². The Bertz CT molecular complexity index is 803. The molecule has 2 aromatic rings. The van der Waals surface area contributed by atoms with Crippen LogP contribution >= 0.6 is 11.3 Å². The van der Waals surface area contributed by atoms with Gasteiger partial charge in [0.1, 0.15) is 9.96 Å². The van der Waals surface area contributed by atoms with Gasteiger partial charge in [-0.2, -0.15) is 0 Å². The fraction of sp³-hybridized carbons (Fsp3) is 0.267. The number of nitrogens with zero attached hydrogens (tertiary/aromatic N) is 1. The molecule has 0 aliphatic carbocycles. The second kappa shape index (κ2) is 6.31. The zero-order valence-electron chi connectivity index (χ0n) is 12.4. The van der Waals surface area contributed by atoms with Gasteiger partial charge in [0.2, 0.25) is 15.9 Å². The maximum Gasteiger partial charge on any atom is 0.250 e. The van der Waals surface area contributed by atoms with Crippen molar-refractivity contribution in [3.63, 3.8) is 0 Å². The number of thiophene rings is 1. The Labute approximate surface area is 138 Å². The molecule has 1 atom stereocenters. The number of benzene rings is 1. The minimum absolute atomic E-state index is 0.114. The number of hydrogen-bond donors (Lipinski definition) is 1. The van der Waals surface area contributed by atoms with Crippen LogP contribution < -0.4 is 14.4 Å². The Hall–Kier alpha value is -1.90. The Balaban J connectivity index is 1.75. The van der Waals surface area contributed by atoms with Crippen molar-refractivity contribution in [3.05, 3.63) is 41.8 Å². The van der Waals surface area contributed by atoms with E-state index in [0.29, 0.717) is 18.0 Å². The molecule has 23 heavy (non-hydrogen) atoms. The predicted octanol–water partition coefficient (Wildman–Crippen LogP) is 1.84. The van der Waals surface area contributed by atoms with Crippen LogP contribution in [0.5, 0.6) is 5.75 Å². The highest BCUT2D eigenvalue weighted by atomic mass is 32.2. The zero-order valence-corrected chi connectivity index (χ0v) is 14.1. The van der Waals surface area contributed by atoms with E-state index in [1.54, 1.807) is 53.8 Å². The molecule has 1 amide bonds. The van der Waals surface area contributed by atoms with Crippen LogP contribution in [0.3, 0.4) is 0 Å². The number of carbonyl (C=O) groups excluding carboxylic acids is 1. The lowest BCUT2D eigenvalue weighted by Crippen LogP contribution is -2.36. The summed E-state index contributed by atoms with van der Waals surface area (Å²) in [7, 11) is -2.02. The number of amides is 1. The third kappa shape index (κ3) is 3.39. The summed E-state index contributed by atoms with van der Waals surface area (Å²) in [5.74, 6) is 0.537.